The smallest absolute Gasteiger partial charge is 0.250 e. The number of imidazole rings is 1. The van der Waals surface area contributed by atoms with Crippen LogP contribution in [0.3, 0.4) is 0 Å². The van der Waals surface area contributed by atoms with Crippen LogP contribution in [0.2, 0.25) is 0 Å². The fraction of sp³-hybridized carbons (Fsp3) is 0.263. The predicted molar refractivity (Wildman–Crippen MR) is 93.8 cm³/mol. The first-order chi connectivity index (χ1) is 11.6. The summed E-state index contributed by atoms with van der Waals surface area (Å²) in [4.78, 5) is 19.8. The van der Waals surface area contributed by atoms with E-state index in [1.807, 2.05) is 12.1 Å². The van der Waals surface area contributed by atoms with Gasteiger partial charge >= 0.3 is 0 Å². The van der Waals surface area contributed by atoms with Crippen LogP contribution in [0.25, 0.3) is 11.0 Å². The zero-order chi connectivity index (χ0) is 16.7. The molecule has 1 aromatic heterocycles. The quantitative estimate of drug-likeness (QED) is 0.677. The second kappa shape index (κ2) is 5.46. The van der Waals surface area contributed by atoms with Crippen molar-refractivity contribution < 1.29 is 4.79 Å². The average Bonchev–Trinajstić information content (AvgIpc) is 2.93. The molecule has 2 heterocycles. The minimum atomic E-state index is -0.456. The number of fused-ring (bicyclic) bond motifs is 2. The minimum Gasteiger partial charge on any atom is -0.366 e. The van der Waals surface area contributed by atoms with Gasteiger partial charge in [-0.1, -0.05) is 30.3 Å². The molecule has 2 aromatic carbocycles. The summed E-state index contributed by atoms with van der Waals surface area (Å²) < 4.78 is 0. The molecule has 0 bridgehead atoms. The molecule has 122 valence electrons. The molecule has 3 aromatic rings. The Kier molecular flexibility index (Phi) is 3.39. The lowest BCUT2D eigenvalue weighted by Crippen LogP contribution is -2.42. The Bertz CT molecular complexity index is 930. The van der Waals surface area contributed by atoms with Gasteiger partial charge in [-0.3, -0.25) is 4.79 Å². The van der Waals surface area contributed by atoms with Crippen LogP contribution in [-0.4, -0.2) is 22.4 Å². The van der Waals surface area contributed by atoms with Crippen molar-refractivity contribution >= 4 is 16.9 Å². The zero-order valence-corrected chi connectivity index (χ0v) is 13.6. The molecule has 1 atom stereocenters. The summed E-state index contributed by atoms with van der Waals surface area (Å²) >= 11 is 0. The third kappa shape index (κ3) is 2.37. The summed E-state index contributed by atoms with van der Waals surface area (Å²) in [5.41, 5.74) is 9.80. The van der Waals surface area contributed by atoms with E-state index in [9.17, 15) is 4.79 Å². The fourth-order valence-electron chi connectivity index (χ4n) is 3.55. The van der Waals surface area contributed by atoms with Crippen molar-refractivity contribution in [2.45, 2.75) is 25.3 Å². The molecule has 0 saturated carbocycles. The van der Waals surface area contributed by atoms with E-state index in [0.29, 0.717) is 11.1 Å². The van der Waals surface area contributed by atoms with Gasteiger partial charge in [-0.25, -0.2) is 4.98 Å². The number of amides is 1. The SMILES string of the molecule is CC1(c2nc3c(C(N)=O)cccc3[nH]2)Cc2ccccc2CCN1. The van der Waals surface area contributed by atoms with E-state index in [0.717, 1.165) is 30.7 Å². The molecule has 1 aliphatic rings. The molecule has 0 spiro atoms. The number of aromatic nitrogens is 2. The first-order valence-electron chi connectivity index (χ1n) is 8.18. The molecule has 1 unspecified atom stereocenters. The van der Waals surface area contributed by atoms with E-state index < -0.39 is 5.91 Å². The maximum Gasteiger partial charge on any atom is 0.250 e. The second-order valence-electron chi connectivity index (χ2n) is 6.61. The molecule has 0 aliphatic carbocycles. The number of carbonyl (C=O) groups excluding carboxylic acids is 1. The molecular weight excluding hydrogens is 300 g/mol. The second-order valence-corrected chi connectivity index (χ2v) is 6.61. The number of para-hydroxylation sites is 1. The summed E-state index contributed by atoms with van der Waals surface area (Å²) in [6.07, 6.45) is 1.84. The number of nitrogens with two attached hydrogens (primary N) is 1. The highest BCUT2D eigenvalue weighted by molar-refractivity contribution is 6.04. The standard InChI is InChI=1S/C19H20N4O/c1-19(11-13-6-3-2-5-12(13)9-10-21-19)18-22-15-8-4-7-14(17(20)24)16(15)23-18/h2-8,21H,9-11H2,1H3,(H2,20,24)(H,22,23). The number of primary amides is 1. The highest BCUT2D eigenvalue weighted by Crippen LogP contribution is 2.30. The number of hydrogen-bond acceptors (Lipinski definition) is 3. The predicted octanol–water partition coefficient (Wildman–Crippen LogP) is 2.27. The lowest BCUT2D eigenvalue weighted by Gasteiger charge is -2.27. The van der Waals surface area contributed by atoms with Gasteiger partial charge in [0, 0.05) is 6.54 Å². The highest BCUT2D eigenvalue weighted by atomic mass is 16.1. The number of hydrogen-bond donors (Lipinski definition) is 3. The molecule has 1 amide bonds. The molecule has 0 saturated heterocycles. The molecule has 24 heavy (non-hydrogen) atoms. The number of benzene rings is 2. The Morgan fingerprint density at radius 2 is 1.96 bits per heavy atom. The molecule has 5 heteroatoms. The molecular formula is C19H20N4O. The maximum atomic E-state index is 11.7. The number of aromatic amines is 1. The van der Waals surface area contributed by atoms with Crippen LogP contribution in [0.4, 0.5) is 0 Å². The number of H-pyrrole nitrogens is 1. The van der Waals surface area contributed by atoms with Crippen molar-refractivity contribution in [1.29, 1.82) is 0 Å². The highest BCUT2D eigenvalue weighted by Gasteiger charge is 2.32. The Morgan fingerprint density at radius 1 is 1.17 bits per heavy atom. The van der Waals surface area contributed by atoms with Gasteiger partial charge in [-0.05, 0) is 43.0 Å². The van der Waals surface area contributed by atoms with Gasteiger partial charge in [0.15, 0.2) is 0 Å². The topological polar surface area (TPSA) is 83.8 Å². The van der Waals surface area contributed by atoms with E-state index in [2.05, 4.69) is 41.5 Å². The van der Waals surface area contributed by atoms with Gasteiger partial charge in [0.1, 0.15) is 11.3 Å². The van der Waals surface area contributed by atoms with Crippen molar-refractivity contribution in [2.24, 2.45) is 5.73 Å². The van der Waals surface area contributed by atoms with Crippen molar-refractivity contribution in [3.63, 3.8) is 0 Å². The van der Waals surface area contributed by atoms with Gasteiger partial charge in [0.2, 0.25) is 0 Å². The van der Waals surface area contributed by atoms with Crippen LogP contribution in [0.5, 0.6) is 0 Å². The average molecular weight is 320 g/mol. The maximum absolute atomic E-state index is 11.7. The van der Waals surface area contributed by atoms with E-state index in [-0.39, 0.29) is 5.54 Å². The van der Waals surface area contributed by atoms with Crippen molar-refractivity contribution in [2.75, 3.05) is 6.54 Å². The Balaban J connectivity index is 1.81. The third-order valence-corrected chi connectivity index (χ3v) is 4.87. The van der Waals surface area contributed by atoms with Crippen LogP contribution >= 0.6 is 0 Å². The van der Waals surface area contributed by atoms with E-state index in [1.54, 1.807) is 6.07 Å². The first kappa shape index (κ1) is 14.9. The molecule has 0 radical (unpaired) electrons. The first-order valence-corrected chi connectivity index (χ1v) is 8.18. The summed E-state index contributed by atoms with van der Waals surface area (Å²) in [5.74, 6) is 0.380. The van der Waals surface area contributed by atoms with Gasteiger partial charge in [0.05, 0.1) is 16.6 Å². The molecule has 0 fully saturated rings. The normalized spacial score (nSPS) is 20.5. The monoisotopic (exact) mass is 320 g/mol. The Hall–Kier alpha value is -2.66. The van der Waals surface area contributed by atoms with Crippen molar-refractivity contribution in [1.82, 2.24) is 15.3 Å². The molecule has 4 rings (SSSR count). The Labute approximate surface area is 140 Å². The number of carbonyl (C=O) groups is 1. The van der Waals surface area contributed by atoms with Crippen LogP contribution in [0.1, 0.15) is 34.2 Å². The van der Waals surface area contributed by atoms with Gasteiger partial charge in [0.25, 0.3) is 5.91 Å². The van der Waals surface area contributed by atoms with Crippen LogP contribution in [0, 0.1) is 0 Å². The van der Waals surface area contributed by atoms with E-state index in [4.69, 9.17) is 10.7 Å². The van der Waals surface area contributed by atoms with E-state index in [1.165, 1.54) is 11.1 Å². The van der Waals surface area contributed by atoms with Gasteiger partial charge in [-0.15, -0.1) is 0 Å². The third-order valence-electron chi connectivity index (χ3n) is 4.87. The van der Waals surface area contributed by atoms with Gasteiger partial charge < -0.3 is 16.0 Å². The number of nitrogens with zero attached hydrogens (tertiary/aromatic N) is 1. The molecule has 5 nitrogen and oxygen atoms in total. The number of nitrogens with one attached hydrogen (secondary N) is 2. The summed E-state index contributed by atoms with van der Waals surface area (Å²) in [5, 5.41) is 3.62. The van der Waals surface area contributed by atoms with Crippen molar-refractivity contribution in [3.8, 4) is 0 Å². The Morgan fingerprint density at radius 3 is 2.75 bits per heavy atom. The summed E-state index contributed by atoms with van der Waals surface area (Å²) in [6, 6.07) is 14.0. The lowest BCUT2D eigenvalue weighted by atomic mass is 9.91. The molecule has 4 N–H and O–H groups in total. The number of rotatable bonds is 2. The zero-order valence-electron chi connectivity index (χ0n) is 13.6. The van der Waals surface area contributed by atoms with Crippen molar-refractivity contribution in [3.05, 3.63) is 65.0 Å². The lowest BCUT2D eigenvalue weighted by molar-refractivity contribution is 0.100. The largest absolute Gasteiger partial charge is 0.366 e. The van der Waals surface area contributed by atoms with E-state index >= 15 is 0 Å². The fourth-order valence-corrected chi connectivity index (χ4v) is 3.55. The van der Waals surface area contributed by atoms with Crippen LogP contribution < -0.4 is 11.1 Å². The summed E-state index contributed by atoms with van der Waals surface area (Å²) in [7, 11) is 0. The minimum absolute atomic E-state index is 0.319. The van der Waals surface area contributed by atoms with Crippen LogP contribution in [-0.2, 0) is 18.4 Å². The van der Waals surface area contributed by atoms with Crippen LogP contribution in [0.15, 0.2) is 42.5 Å². The summed E-state index contributed by atoms with van der Waals surface area (Å²) in [6.45, 7) is 3.03. The van der Waals surface area contributed by atoms with Gasteiger partial charge in [-0.2, -0.15) is 0 Å². The molecule has 1 aliphatic heterocycles.